The van der Waals surface area contributed by atoms with Crippen LogP contribution in [-0.4, -0.2) is 55.3 Å². The summed E-state index contributed by atoms with van der Waals surface area (Å²) in [7, 11) is 0. The van der Waals surface area contributed by atoms with Gasteiger partial charge in [0.15, 0.2) is 0 Å². The van der Waals surface area contributed by atoms with Crippen molar-refractivity contribution in [3.63, 3.8) is 0 Å². The number of ether oxygens (including phenoxy) is 2. The molecule has 0 aliphatic carbocycles. The average Bonchev–Trinajstić information content (AvgIpc) is 1.97. The van der Waals surface area contributed by atoms with E-state index < -0.39 is 0 Å². The first-order valence-corrected chi connectivity index (χ1v) is 3.15. The first-order valence-electron chi connectivity index (χ1n) is 3.15. The molecule has 0 amide bonds. The summed E-state index contributed by atoms with van der Waals surface area (Å²) in [6.07, 6.45) is 1.52. The number of esters is 1. The molecule has 3 nitrogen and oxygen atoms in total. The van der Waals surface area contributed by atoms with Gasteiger partial charge in [-0.1, -0.05) is 12.7 Å². The first kappa shape index (κ1) is 13.7. The van der Waals surface area contributed by atoms with Gasteiger partial charge in [-0.15, -0.1) is 0 Å². The molecule has 0 aliphatic heterocycles. The van der Waals surface area contributed by atoms with E-state index in [0.717, 1.165) is 0 Å². The maximum atomic E-state index is 10.6. The van der Waals surface area contributed by atoms with Crippen LogP contribution in [0, 0.1) is 0 Å². The second kappa shape index (κ2) is 10.2. The summed E-state index contributed by atoms with van der Waals surface area (Å²) in [6, 6.07) is 0. The van der Waals surface area contributed by atoms with Crippen molar-refractivity contribution in [2.75, 3.05) is 19.8 Å². The predicted octanol–water partition coefficient (Wildman–Crippen LogP) is 0.104. The van der Waals surface area contributed by atoms with E-state index in [-0.39, 0.29) is 48.7 Å². The number of hydrogen-bond acceptors (Lipinski definition) is 3. The van der Waals surface area contributed by atoms with Gasteiger partial charge < -0.3 is 9.47 Å². The van der Waals surface area contributed by atoms with Gasteiger partial charge in [0.2, 0.25) is 0 Å². The summed E-state index contributed by atoms with van der Waals surface area (Å²) >= 11 is 0. The second-order valence-corrected chi connectivity index (χ2v) is 1.61. The molecule has 0 N–H and O–H groups in total. The number of rotatable bonds is 5. The van der Waals surface area contributed by atoms with Gasteiger partial charge in [0.25, 0.3) is 0 Å². The Morgan fingerprint density at radius 2 is 2.27 bits per heavy atom. The predicted molar refractivity (Wildman–Crippen MR) is 44.8 cm³/mol. The van der Waals surface area contributed by atoms with Crippen LogP contribution in [-0.2, 0) is 14.3 Å². The maximum absolute atomic E-state index is 10.6. The van der Waals surface area contributed by atoms with Crippen molar-refractivity contribution in [3.05, 3.63) is 12.7 Å². The molecule has 0 aliphatic rings. The van der Waals surface area contributed by atoms with Gasteiger partial charge in [0, 0.05) is 6.61 Å². The Labute approximate surface area is 89.0 Å². The molecule has 4 heteroatoms. The van der Waals surface area contributed by atoms with Gasteiger partial charge in [-0.05, 0) is 6.92 Å². The average molecular weight is 168 g/mol. The molecule has 0 radical (unpaired) electrons. The molecule has 0 aromatic heterocycles. The summed E-state index contributed by atoms with van der Waals surface area (Å²) in [4.78, 5) is 10.6. The van der Waals surface area contributed by atoms with Crippen molar-refractivity contribution in [2.24, 2.45) is 0 Å². The van der Waals surface area contributed by atoms with E-state index >= 15 is 0 Å². The molecule has 0 heterocycles. The van der Waals surface area contributed by atoms with Crippen LogP contribution in [0.5, 0.6) is 0 Å². The van der Waals surface area contributed by atoms with Crippen molar-refractivity contribution in [3.8, 4) is 0 Å². The van der Waals surface area contributed by atoms with Gasteiger partial charge in [-0.2, -0.15) is 0 Å². The third kappa shape index (κ3) is 10.2. The Balaban J connectivity index is 0. The third-order valence-electron chi connectivity index (χ3n) is 0.786. The van der Waals surface area contributed by atoms with Gasteiger partial charge >= 0.3 is 35.5 Å². The molecule has 0 saturated heterocycles. The molecule has 0 atom stereocenters. The quantitative estimate of drug-likeness (QED) is 0.332. The zero-order valence-corrected chi connectivity index (χ0v) is 6.13. The molecule has 0 saturated carbocycles. The molecule has 11 heavy (non-hydrogen) atoms. The molecular weight excluding hydrogens is 155 g/mol. The van der Waals surface area contributed by atoms with E-state index in [1.165, 1.54) is 6.08 Å². The van der Waals surface area contributed by atoms with Gasteiger partial charge in [0.1, 0.15) is 13.2 Å². The van der Waals surface area contributed by atoms with Crippen LogP contribution in [0.1, 0.15) is 6.92 Å². The Bertz CT molecular complexity index is 114. The molecule has 60 valence electrons. The van der Waals surface area contributed by atoms with Crippen LogP contribution in [0.4, 0.5) is 0 Å². The SMILES string of the molecule is C=CCOC(=O)COCC.[NaH]. The Hall–Kier alpha value is 0.170. The minimum atomic E-state index is -0.346. The van der Waals surface area contributed by atoms with Crippen LogP contribution < -0.4 is 0 Å². The van der Waals surface area contributed by atoms with E-state index in [4.69, 9.17) is 4.74 Å². The van der Waals surface area contributed by atoms with E-state index in [2.05, 4.69) is 11.3 Å². The Morgan fingerprint density at radius 3 is 2.73 bits per heavy atom. The van der Waals surface area contributed by atoms with E-state index in [1.807, 2.05) is 6.92 Å². The standard InChI is InChI=1S/C7H12O3.Na.H/c1-3-5-10-7(8)6-9-4-2;;/h3H,1,4-6H2,2H3;;. The van der Waals surface area contributed by atoms with E-state index in [1.54, 1.807) is 0 Å². The number of carbonyl (C=O) groups is 1. The fraction of sp³-hybridized carbons (Fsp3) is 0.571. The van der Waals surface area contributed by atoms with Gasteiger partial charge in [-0.25, -0.2) is 4.79 Å². The van der Waals surface area contributed by atoms with Crippen LogP contribution in [0.3, 0.4) is 0 Å². The topological polar surface area (TPSA) is 35.5 Å². The Kier molecular flexibility index (Phi) is 12.7. The number of hydrogen-bond donors (Lipinski definition) is 0. The van der Waals surface area contributed by atoms with Crippen molar-refractivity contribution < 1.29 is 14.3 Å². The zero-order valence-electron chi connectivity index (χ0n) is 6.13. The monoisotopic (exact) mass is 168 g/mol. The van der Waals surface area contributed by atoms with Crippen LogP contribution in [0.15, 0.2) is 12.7 Å². The van der Waals surface area contributed by atoms with E-state index in [9.17, 15) is 4.79 Å². The van der Waals surface area contributed by atoms with Crippen LogP contribution in [0.25, 0.3) is 0 Å². The van der Waals surface area contributed by atoms with Crippen molar-refractivity contribution in [2.45, 2.75) is 6.92 Å². The summed E-state index contributed by atoms with van der Waals surface area (Å²) in [5.74, 6) is -0.346. The zero-order chi connectivity index (χ0) is 7.82. The fourth-order valence-corrected chi connectivity index (χ4v) is 0.379. The molecule has 0 unspecified atom stereocenters. The minimum absolute atomic E-state index is 0. The van der Waals surface area contributed by atoms with Crippen LogP contribution in [0.2, 0.25) is 0 Å². The van der Waals surface area contributed by atoms with Crippen LogP contribution >= 0.6 is 0 Å². The van der Waals surface area contributed by atoms with Gasteiger partial charge in [0.05, 0.1) is 0 Å². The summed E-state index contributed by atoms with van der Waals surface area (Å²) < 4.78 is 9.39. The normalized spacial score (nSPS) is 8.09. The van der Waals surface area contributed by atoms with Crippen molar-refractivity contribution in [1.82, 2.24) is 0 Å². The molecule has 0 rings (SSSR count). The second-order valence-electron chi connectivity index (χ2n) is 1.61. The first-order chi connectivity index (χ1) is 4.81. The summed E-state index contributed by atoms with van der Waals surface area (Å²) in [5.41, 5.74) is 0. The third-order valence-corrected chi connectivity index (χ3v) is 0.786. The summed E-state index contributed by atoms with van der Waals surface area (Å²) in [6.45, 7) is 6.03. The number of carbonyl (C=O) groups excluding carboxylic acids is 1. The Morgan fingerprint density at radius 1 is 1.64 bits per heavy atom. The molecule has 0 aromatic rings. The van der Waals surface area contributed by atoms with E-state index in [0.29, 0.717) is 6.61 Å². The molecule has 0 fully saturated rings. The molecule has 0 spiro atoms. The summed E-state index contributed by atoms with van der Waals surface area (Å²) in [5, 5.41) is 0. The van der Waals surface area contributed by atoms with Crippen molar-refractivity contribution in [1.29, 1.82) is 0 Å². The molecular formula is C7H13NaO3. The molecule has 0 aromatic carbocycles. The van der Waals surface area contributed by atoms with Gasteiger partial charge in [-0.3, -0.25) is 0 Å². The fourth-order valence-electron chi connectivity index (χ4n) is 0.379. The molecule has 0 bridgehead atoms. The van der Waals surface area contributed by atoms with Crippen molar-refractivity contribution >= 4 is 35.5 Å².